The maximum atomic E-state index is 12.9. The number of aromatic nitrogens is 4. The zero-order valence-corrected chi connectivity index (χ0v) is 18.2. The fourth-order valence-corrected chi connectivity index (χ4v) is 3.52. The van der Waals surface area contributed by atoms with Gasteiger partial charge in [-0.25, -0.2) is 10.2 Å². The molecule has 0 fully saturated rings. The van der Waals surface area contributed by atoms with Crippen LogP contribution in [0.3, 0.4) is 0 Å². The van der Waals surface area contributed by atoms with Crippen LogP contribution in [0.5, 0.6) is 0 Å². The van der Waals surface area contributed by atoms with Crippen molar-refractivity contribution in [3.63, 3.8) is 0 Å². The molecule has 1 N–H and O–H groups in total. The number of halogens is 2. The second-order valence-electron chi connectivity index (χ2n) is 6.91. The van der Waals surface area contributed by atoms with Gasteiger partial charge in [-0.15, -0.1) is 0 Å². The monoisotopic (exact) mass is 456 g/mol. The number of hydrogen-bond donors (Lipinski definition) is 1. The van der Waals surface area contributed by atoms with E-state index in [-0.39, 0.29) is 17.7 Å². The lowest BCUT2D eigenvalue weighted by atomic mass is 10.2. The molecule has 0 spiro atoms. The van der Waals surface area contributed by atoms with Gasteiger partial charge in [-0.05, 0) is 29.3 Å². The summed E-state index contributed by atoms with van der Waals surface area (Å²) in [7, 11) is 3.00. The quantitative estimate of drug-likeness (QED) is 0.368. The number of nitrogens with zero attached hydrogens (tertiary/aromatic N) is 5. The van der Waals surface area contributed by atoms with Crippen LogP contribution < -0.4 is 16.7 Å². The van der Waals surface area contributed by atoms with Gasteiger partial charge in [0.1, 0.15) is 0 Å². The molecule has 31 heavy (non-hydrogen) atoms. The van der Waals surface area contributed by atoms with Gasteiger partial charge in [0, 0.05) is 24.1 Å². The van der Waals surface area contributed by atoms with Crippen LogP contribution in [0.15, 0.2) is 63.2 Å². The van der Waals surface area contributed by atoms with Crippen molar-refractivity contribution in [3.8, 4) is 0 Å². The van der Waals surface area contributed by atoms with Crippen LogP contribution >= 0.6 is 23.2 Å². The molecule has 0 saturated heterocycles. The molecule has 0 unspecified atom stereocenters. The fourth-order valence-electron chi connectivity index (χ4n) is 3.20. The first-order chi connectivity index (χ1) is 14.9. The molecule has 2 aromatic heterocycles. The second-order valence-corrected chi connectivity index (χ2v) is 7.76. The predicted molar refractivity (Wildman–Crippen MR) is 123 cm³/mol. The summed E-state index contributed by atoms with van der Waals surface area (Å²) >= 11 is 12.2. The van der Waals surface area contributed by atoms with Crippen LogP contribution in [0, 0.1) is 0 Å². The van der Waals surface area contributed by atoms with E-state index < -0.39 is 11.2 Å². The van der Waals surface area contributed by atoms with E-state index in [1.807, 2.05) is 30.3 Å². The zero-order valence-electron chi connectivity index (χ0n) is 16.7. The van der Waals surface area contributed by atoms with E-state index in [0.29, 0.717) is 16.0 Å². The van der Waals surface area contributed by atoms with Crippen LogP contribution in [0.25, 0.3) is 11.2 Å². The molecule has 4 rings (SSSR count). The molecular weight excluding hydrogens is 439 g/mol. The van der Waals surface area contributed by atoms with Crippen molar-refractivity contribution < 1.29 is 0 Å². The Balaban J connectivity index is 1.83. The van der Waals surface area contributed by atoms with Gasteiger partial charge >= 0.3 is 5.69 Å². The number of benzene rings is 2. The highest BCUT2D eigenvalue weighted by molar-refractivity contribution is 6.31. The molecule has 10 heteroatoms. The summed E-state index contributed by atoms with van der Waals surface area (Å²) < 4.78 is 4.04. The van der Waals surface area contributed by atoms with Crippen LogP contribution in [0.4, 0.5) is 5.95 Å². The van der Waals surface area contributed by atoms with Crippen molar-refractivity contribution in [2.24, 2.45) is 19.2 Å². The van der Waals surface area contributed by atoms with Crippen LogP contribution in [0.1, 0.15) is 11.1 Å². The normalized spacial score (nSPS) is 11.5. The van der Waals surface area contributed by atoms with Gasteiger partial charge in [-0.2, -0.15) is 10.1 Å². The smallest absolute Gasteiger partial charge is 0.298 e. The van der Waals surface area contributed by atoms with Gasteiger partial charge in [0.25, 0.3) is 5.56 Å². The first-order valence-electron chi connectivity index (χ1n) is 9.31. The topological polar surface area (TPSA) is 86.2 Å². The van der Waals surface area contributed by atoms with Gasteiger partial charge in [0.15, 0.2) is 11.2 Å². The second kappa shape index (κ2) is 8.41. The number of hydrogen-bond acceptors (Lipinski definition) is 5. The summed E-state index contributed by atoms with van der Waals surface area (Å²) in [6.07, 6.45) is 1.60. The number of imidazole rings is 1. The molecule has 0 radical (unpaired) electrons. The average molecular weight is 457 g/mol. The maximum Gasteiger partial charge on any atom is 0.332 e. The minimum atomic E-state index is -0.462. The van der Waals surface area contributed by atoms with E-state index in [1.54, 1.807) is 36.0 Å². The third kappa shape index (κ3) is 3.99. The fraction of sp³-hybridized carbons (Fsp3) is 0.143. The van der Waals surface area contributed by atoms with E-state index in [1.165, 1.54) is 11.6 Å². The van der Waals surface area contributed by atoms with Gasteiger partial charge in [-0.1, -0.05) is 53.5 Å². The molecule has 2 aromatic carbocycles. The lowest BCUT2D eigenvalue weighted by molar-refractivity contribution is 0.702. The third-order valence-corrected chi connectivity index (χ3v) is 5.50. The zero-order chi connectivity index (χ0) is 22.1. The number of aryl methyl sites for hydroxylation is 1. The first kappa shape index (κ1) is 20.9. The Morgan fingerprint density at radius 1 is 1.03 bits per heavy atom. The van der Waals surface area contributed by atoms with Gasteiger partial charge in [0.05, 0.1) is 12.8 Å². The van der Waals surface area contributed by atoms with Crippen molar-refractivity contribution in [1.29, 1.82) is 0 Å². The minimum absolute atomic E-state index is 0.254. The van der Waals surface area contributed by atoms with Crippen molar-refractivity contribution in [2.75, 3.05) is 5.43 Å². The molecule has 2 heterocycles. The van der Waals surface area contributed by atoms with E-state index in [4.69, 9.17) is 23.2 Å². The Morgan fingerprint density at radius 3 is 2.45 bits per heavy atom. The van der Waals surface area contributed by atoms with Crippen molar-refractivity contribution in [2.45, 2.75) is 6.54 Å². The molecule has 4 aromatic rings. The Labute approximate surface area is 187 Å². The summed E-state index contributed by atoms with van der Waals surface area (Å²) in [5.74, 6) is 0.304. The summed E-state index contributed by atoms with van der Waals surface area (Å²) in [4.78, 5) is 29.7. The summed E-state index contributed by atoms with van der Waals surface area (Å²) in [5, 5.41) is 5.42. The van der Waals surface area contributed by atoms with Gasteiger partial charge in [-0.3, -0.25) is 18.5 Å². The maximum absolute atomic E-state index is 12.9. The number of fused-ring (bicyclic) bond motifs is 1. The van der Waals surface area contributed by atoms with Gasteiger partial charge in [0.2, 0.25) is 5.95 Å². The molecule has 0 atom stereocenters. The molecule has 0 aliphatic heterocycles. The Morgan fingerprint density at radius 2 is 1.74 bits per heavy atom. The minimum Gasteiger partial charge on any atom is -0.298 e. The number of nitrogens with one attached hydrogen (secondary N) is 1. The predicted octanol–water partition coefficient (Wildman–Crippen LogP) is 3.23. The standard InChI is InChI=1S/C21H18Cl2N6O2/c1-27-18-17(19(30)28(2)21(27)31)29(12-14-5-3-4-6-16(14)23)20(25-18)26-24-11-13-7-9-15(22)10-8-13/h3-11H,12H2,1-2H3,(H,25,26)/b24-11-. The largest absolute Gasteiger partial charge is 0.332 e. The highest BCUT2D eigenvalue weighted by atomic mass is 35.5. The molecule has 0 aliphatic rings. The van der Waals surface area contributed by atoms with Crippen molar-refractivity contribution in [3.05, 3.63) is 90.5 Å². The Kier molecular flexibility index (Phi) is 5.67. The van der Waals surface area contributed by atoms with E-state index >= 15 is 0 Å². The SMILES string of the molecule is Cn1c(=O)c2c(nc(N/N=C\c3ccc(Cl)cc3)n2Cc2ccccc2Cl)n(C)c1=O. The summed E-state index contributed by atoms with van der Waals surface area (Å²) in [5.41, 5.74) is 4.12. The highest BCUT2D eigenvalue weighted by Gasteiger charge is 2.19. The van der Waals surface area contributed by atoms with Crippen LogP contribution in [-0.2, 0) is 20.6 Å². The molecule has 8 nitrogen and oxygen atoms in total. The third-order valence-electron chi connectivity index (χ3n) is 4.88. The number of anilines is 1. The molecular formula is C21H18Cl2N6O2. The Bertz CT molecular complexity index is 1420. The molecule has 0 amide bonds. The summed E-state index contributed by atoms with van der Waals surface area (Å²) in [6.45, 7) is 0.266. The van der Waals surface area contributed by atoms with Crippen molar-refractivity contribution in [1.82, 2.24) is 18.7 Å². The van der Waals surface area contributed by atoms with Crippen molar-refractivity contribution >= 4 is 46.5 Å². The van der Waals surface area contributed by atoms with Gasteiger partial charge < -0.3 is 0 Å². The van der Waals surface area contributed by atoms with E-state index in [2.05, 4.69) is 15.5 Å². The Hall–Kier alpha value is -3.36. The molecule has 158 valence electrons. The van der Waals surface area contributed by atoms with E-state index in [9.17, 15) is 9.59 Å². The summed E-state index contributed by atoms with van der Waals surface area (Å²) in [6, 6.07) is 14.5. The average Bonchev–Trinajstić information content (AvgIpc) is 3.12. The highest BCUT2D eigenvalue weighted by Crippen LogP contribution is 2.22. The molecule has 0 saturated carbocycles. The van der Waals surface area contributed by atoms with Crippen LogP contribution in [0.2, 0.25) is 10.0 Å². The van der Waals surface area contributed by atoms with E-state index in [0.717, 1.165) is 15.7 Å². The number of hydrazone groups is 1. The molecule has 0 aliphatic carbocycles. The first-order valence-corrected chi connectivity index (χ1v) is 10.1. The lowest BCUT2D eigenvalue weighted by Crippen LogP contribution is -2.37. The molecule has 0 bridgehead atoms. The lowest BCUT2D eigenvalue weighted by Gasteiger charge is -2.10. The number of rotatable bonds is 5. The van der Waals surface area contributed by atoms with Crippen LogP contribution in [-0.4, -0.2) is 24.9 Å².